The number of aromatic nitrogens is 5. The van der Waals surface area contributed by atoms with Gasteiger partial charge in [-0.3, -0.25) is 14.3 Å². The summed E-state index contributed by atoms with van der Waals surface area (Å²) >= 11 is 1.57. The molecular weight excluding hydrogens is 430 g/mol. The molecule has 3 heterocycles. The highest BCUT2D eigenvalue weighted by Gasteiger charge is 2.13. The maximum atomic E-state index is 13.3. The quantitative estimate of drug-likeness (QED) is 0.269. The summed E-state index contributed by atoms with van der Waals surface area (Å²) in [5.41, 5.74) is 5.94. The number of nitrogens with zero attached hydrogens (tertiary/aromatic N) is 5. The van der Waals surface area contributed by atoms with Crippen LogP contribution in [0.3, 0.4) is 0 Å². The van der Waals surface area contributed by atoms with Gasteiger partial charge >= 0.3 is 0 Å². The molecule has 0 fully saturated rings. The van der Waals surface area contributed by atoms with Crippen LogP contribution in [-0.2, 0) is 12.3 Å². The van der Waals surface area contributed by atoms with E-state index in [-0.39, 0.29) is 5.56 Å². The Hall–Kier alpha value is -3.71. The minimum Gasteiger partial charge on any atom is -0.283 e. The fraction of sp³-hybridized carbons (Fsp3) is 0.154. The average Bonchev–Trinajstić information content (AvgIpc) is 3.18. The fourth-order valence-corrected chi connectivity index (χ4v) is 4.80. The number of fused-ring (bicyclic) bond motifs is 1. The third-order valence-electron chi connectivity index (χ3n) is 5.45. The highest BCUT2D eigenvalue weighted by atomic mass is 32.2. The molecule has 6 nitrogen and oxygen atoms in total. The molecule has 5 aromatic rings. The van der Waals surface area contributed by atoms with Crippen molar-refractivity contribution >= 4 is 22.7 Å². The minimum absolute atomic E-state index is 0.0353. The summed E-state index contributed by atoms with van der Waals surface area (Å²) in [5, 5.41) is 5.88. The van der Waals surface area contributed by atoms with Crippen molar-refractivity contribution in [3.05, 3.63) is 112 Å². The van der Waals surface area contributed by atoms with E-state index in [4.69, 9.17) is 4.98 Å². The van der Waals surface area contributed by atoms with Crippen LogP contribution in [0.1, 0.15) is 22.5 Å². The zero-order valence-electron chi connectivity index (χ0n) is 18.5. The summed E-state index contributed by atoms with van der Waals surface area (Å²) in [4.78, 5) is 22.3. The standard InChI is InChI=1S/C26H23N5OS/c1-18-14-19(2)31(29-18)22-11-9-20(10-12-22)17-33-26-28-24-8-4-3-7-23(24)25(32)30(26)16-21-6-5-13-27-15-21/h3-15H,16-17H2,1-2H3. The van der Waals surface area contributed by atoms with Crippen LogP contribution in [0.15, 0.2) is 89.1 Å². The number of para-hydroxylation sites is 1. The zero-order chi connectivity index (χ0) is 22.8. The van der Waals surface area contributed by atoms with Crippen LogP contribution in [0.2, 0.25) is 0 Å². The molecule has 0 amide bonds. The van der Waals surface area contributed by atoms with Crippen LogP contribution in [0.5, 0.6) is 0 Å². The molecule has 0 saturated heterocycles. The largest absolute Gasteiger partial charge is 0.283 e. The monoisotopic (exact) mass is 453 g/mol. The van der Waals surface area contributed by atoms with Gasteiger partial charge in [0.25, 0.3) is 5.56 Å². The number of hydrogen-bond acceptors (Lipinski definition) is 5. The first-order chi connectivity index (χ1) is 16.1. The van der Waals surface area contributed by atoms with E-state index in [9.17, 15) is 4.79 Å². The van der Waals surface area contributed by atoms with Gasteiger partial charge in [0, 0.05) is 23.8 Å². The molecule has 0 N–H and O–H groups in total. The Morgan fingerprint density at radius 3 is 2.48 bits per heavy atom. The average molecular weight is 454 g/mol. The van der Waals surface area contributed by atoms with E-state index < -0.39 is 0 Å². The van der Waals surface area contributed by atoms with Gasteiger partial charge in [0.1, 0.15) is 0 Å². The second-order valence-corrected chi connectivity index (χ2v) is 8.90. The molecule has 164 valence electrons. The Kier molecular flexibility index (Phi) is 5.79. The first kappa shape index (κ1) is 21.2. The summed E-state index contributed by atoms with van der Waals surface area (Å²) in [7, 11) is 0. The van der Waals surface area contributed by atoms with Crippen molar-refractivity contribution in [2.45, 2.75) is 31.3 Å². The lowest BCUT2D eigenvalue weighted by molar-refractivity contribution is 0.656. The number of benzene rings is 2. The normalized spacial score (nSPS) is 11.2. The number of aryl methyl sites for hydroxylation is 2. The highest BCUT2D eigenvalue weighted by molar-refractivity contribution is 7.98. The first-order valence-corrected chi connectivity index (χ1v) is 11.7. The van der Waals surface area contributed by atoms with Gasteiger partial charge in [-0.2, -0.15) is 5.10 Å². The van der Waals surface area contributed by atoms with Crippen LogP contribution >= 0.6 is 11.8 Å². The molecule has 0 bridgehead atoms. The molecule has 2 aromatic carbocycles. The molecule has 5 rings (SSSR count). The number of rotatable bonds is 6. The maximum Gasteiger partial charge on any atom is 0.262 e. The van der Waals surface area contributed by atoms with Crippen molar-refractivity contribution in [3.63, 3.8) is 0 Å². The third-order valence-corrected chi connectivity index (χ3v) is 6.50. The molecule has 0 radical (unpaired) electrons. The van der Waals surface area contributed by atoms with Gasteiger partial charge in [0.2, 0.25) is 0 Å². The zero-order valence-corrected chi connectivity index (χ0v) is 19.3. The lowest BCUT2D eigenvalue weighted by atomic mass is 10.2. The van der Waals surface area contributed by atoms with Gasteiger partial charge in [0.15, 0.2) is 5.16 Å². The lowest BCUT2D eigenvalue weighted by Gasteiger charge is -2.13. The fourth-order valence-electron chi connectivity index (χ4n) is 3.84. The molecule has 0 aliphatic heterocycles. The second-order valence-electron chi connectivity index (χ2n) is 7.96. The lowest BCUT2D eigenvalue weighted by Crippen LogP contribution is -2.24. The Balaban J connectivity index is 1.44. The predicted octanol–water partition coefficient (Wildman–Crippen LogP) is 4.93. The Labute approximate surface area is 196 Å². The van der Waals surface area contributed by atoms with Gasteiger partial charge in [-0.25, -0.2) is 9.67 Å². The van der Waals surface area contributed by atoms with Crippen molar-refractivity contribution < 1.29 is 0 Å². The molecule has 0 saturated carbocycles. The van der Waals surface area contributed by atoms with Crippen molar-refractivity contribution in [2.75, 3.05) is 0 Å². The minimum atomic E-state index is -0.0353. The Morgan fingerprint density at radius 2 is 1.76 bits per heavy atom. The summed E-state index contributed by atoms with van der Waals surface area (Å²) < 4.78 is 3.69. The number of hydrogen-bond donors (Lipinski definition) is 0. The topological polar surface area (TPSA) is 65.6 Å². The van der Waals surface area contributed by atoms with E-state index in [0.29, 0.717) is 28.4 Å². The first-order valence-electron chi connectivity index (χ1n) is 10.7. The van der Waals surface area contributed by atoms with Gasteiger partial charge in [-0.1, -0.05) is 42.1 Å². The molecule has 7 heteroatoms. The van der Waals surface area contributed by atoms with Crippen LogP contribution < -0.4 is 5.56 Å². The SMILES string of the molecule is Cc1cc(C)n(-c2ccc(CSc3nc4ccccc4c(=O)n3Cc3cccnc3)cc2)n1. The Morgan fingerprint density at radius 1 is 0.939 bits per heavy atom. The summed E-state index contributed by atoms with van der Waals surface area (Å²) in [5.74, 6) is 0.704. The van der Waals surface area contributed by atoms with E-state index in [2.05, 4.69) is 47.3 Å². The molecule has 0 spiro atoms. The van der Waals surface area contributed by atoms with Gasteiger partial charge in [0.05, 0.1) is 28.8 Å². The van der Waals surface area contributed by atoms with Crippen molar-refractivity contribution in [2.24, 2.45) is 0 Å². The molecular formula is C26H23N5OS. The van der Waals surface area contributed by atoms with E-state index in [0.717, 1.165) is 28.2 Å². The summed E-state index contributed by atoms with van der Waals surface area (Å²) in [6.07, 6.45) is 3.52. The van der Waals surface area contributed by atoms with Crippen LogP contribution in [0.25, 0.3) is 16.6 Å². The summed E-state index contributed by atoms with van der Waals surface area (Å²) in [6, 6.07) is 21.8. The predicted molar refractivity (Wildman–Crippen MR) is 132 cm³/mol. The Bertz CT molecular complexity index is 1470. The number of thioether (sulfide) groups is 1. The van der Waals surface area contributed by atoms with Crippen molar-refractivity contribution in [1.29, 1.82) is 0 Å². The van der Waals surface area contributed by atoms with Crippen LogP contribution in [0, 0.1) is 13.8 Å². The van der Waals surface area contributed by atoms with Crippen molar-refractivity contribution in [3.8, 4) is 5.69 Å². The molecule has 3 aromatic heterocycles. The van der Waals surface area contributed by atoms with E-state index in [1.54, 1.807) is 28.7 Å². The molecule has 0 atom stereocenters. The molecule has 0 aliphatic rings. The van der Waals surface area contributed by atoms with Gasteiger partial charge < -0.3 is 0 Å². The highest BCUT2D eigenvalue weighted by Crippen LogP contribution is 2.24. The van der Waals surface area contributed by atoms with E-state index in [1.165, 1.54) is 0 Å². The second kappa shape index (κ2) is 9.03. The maximum absolute atomic E-state index is 13.3. The summed E-state index contributed by atoms with van der Waals surface area (Å²) in [6.45, 7) is 4.48. The van der Waals surface area contributed by atoms with E-state index >= 15 is 0 Å². The van der Waals surface area contributed by atoms with Crippen LogP contribution in [0.4, 0.5) is 0 Å². The van der Waals surface area contributed by atoms with Crippen molar-refractivity contribution in [1.82, 2.24) is 24.3 Å². The molecule has 33 heavy (non-hydrogen) atoms. The van der Waals surface area contributed by atoms with Crippen LogP contribution in [-0.4, -0.2) is 24.3 Å². The van der Waals surface area contributed by atoms with Gasteiger partial charge in [-0.15, -0.1) is 0 Å². The third kappa shape index (κ3) is 4.45. The smallest absolute Gasteiger partial charge is 0.262 e. The number of pyridine rings is 1. The molecule has 0 aliphatic carbocycles. The van der Waals surface area contributed by atoms with E-state index in [1.807, 2.05) is 48.0 Å². The molecule has 0 unspecified atom stereocenters. The van der Waals surface area contributed by atoms with Gasteiger partial charge in [-0.05, 0) is 61.4 Å².